The first-order chi connectivity index (χ1) is 10.1. The van der Waals surface area contributed by atoms with Crippen molar-refractivity contribution in [1.29, 1.82) is 0 Å². The molecule has 0 aromatic heterocycles. The SMILES string of the molecule is COC1(CC(=O)c2ccc3c(c2)OCC(C)CO3)CCC1. The van der Waals surface area contributed by atoms with E-state index in [0.717, 1.165) is 25.0 Å². The molecule has 4 heteroatoms. The molecule has 3 rings (SSSR count). The van der Waals surface area contributed by atoms with E-state index in [4.69, 9.17) is 14.2 Å². The molecule has 1 aliphatic heterocycles. The van der Waals surface area contributed by atoms with E-state index in [1.807, 2.05) is 12.1 Å². The highest BCUT2D eigenvalue weighted by atomic mass is 16.5. The topological polar surface area (TPSA) is 44.8 Å². The zero-order chi connectivity index (χ0) is 14.9. The second-order valence-electron chi connectivity index (χ2n) is 6.23. The number of fused-ring (bicyclic) bond motifs is 1. The van der Waals surface area contributed by atoms with E-state index in [1.165, 1.54) is 0 Å². The largest absolute Gasteiger partial charge is 0.489 e. The van der Waals surface area contributed by atoms with Crippen molar-refractivity contribution in [3.63, 3.8) is 0 Å². The van der Waals surface area contributed by atoms with Crippen LogP contribution in [0.15, 0.2) is 18.2 Å². The van der Waals surface area contributed by atoms with Crippen LogP contribution in [0.2, 0.25) is 0 Å². The molecular weight excluding hydrogens is 268 g/mol. The van der Waals surface area contributed by atoms with E-state index < -0.39 is 0 Å². The highest BCUT2D eigenvalue weighted by Crippen LogP contribution is 2.39. The van der Waals surface area contributed by atoms with Gasteiger partial charge in [0.2, 0.25) is 0 Å². The minimum atomic E-state index is -0.240. The van der Waals surface area contributed by atoms with Gasteiger partial charge in [0, 0.05) is 25.0 Å². The lowest BCUT2D eigenvalue weighted by molar-refractivity contribution is -0.0704. The maximum Gasteiger partial charge on any atom is 0.165 e. The van der Waals surface area contributed by atoms with Gasteiger partial charge in [-0.15, -0.1) is 0 Å². The number of benzene rings is 1. The number of methoxy groups -OCH3 is 1. The van der Waals surface area contributed by atoms with E-state index in [-0.39, 0.29) is 11.4 Å². The van der Waals surface area contributed by atoms with Gasteiger partial charge in [-0.25, -0.2) is 0 Å². The van der Waals surface area contributed by atoms with Crippen LogP contribution in [0.3, 0.4) is 0 Å². The molecule has 0 bridgehead atoms. The maximum atomic E-state index is 12.5. The summed E-state index contributed by atoms with van der Waals surface area (Å²) in [6.45, 7) is 3.34. The predicted octanol–water partition coefficient (Wildman–Crippen LogP) is 3.24. The molecule has 1 saturated carbocycles. The fourth-order valence-electron chi connectivity index (χ4n) is 2.84. The Hall–Kier alpha value is -1.55. The monoisotopic (exact) mass is 290 g/mol. The normalized spacial score (nSPS) is 23.0. The van der Waals surface area contributed by atoms with Gasteiger partial charge in [0.1, 0.15) is 0 Å². The third-order valence-electron chi connectivity index (χ3n) is 4.49. The Labute approximate surface area is 125 Å². The first-order valence-electron chi connectivity index (χ1n) is 7.60. The third kappa shape index (κ3) is 2.91. The van der Waals surface area contributed by atoms with Gasteiger partial charge in [0.05, 0.1) is 18.8 Å². The second-order valence-corrected chi connectivity index (χ2v) is 6.23. The summed E-state index contributed by atoms with van der Waals surface area (Å²) in [5.74, 6) is 1.86. The van der Waals surface area contributed by atoms with Gasteiger partial charge in [-0.05, 0) is 37.5 Å². The van der Waals surface area contributed by atoms with E-state index in [1.54, 1.807) is 13.2 Å². The minimum absolute atomic E-state index is 0.111. The summed E-state index contributed by atoms with van der Waals surface area (Å²) in [6.07, 6.45) is 3.52. The third-order valence-corrected chi connectivity index (χ3v) is 4.49. The van der Waals surface area contributed by atoms with Gasteiger partial charge in [-0.2, -0.15) is 0 Å². The van der Waals surface area contributed by atoms with Crippen molar-refractivity contribution in [2.75, 3.05) is 20.3 Å². The van der Waals surface area contributed by atoms with Crippen molar-refractivity contribution in [3.05, 3.63) is 23.8 Å². The average Bonchev–Trinajstić information content (AvgIpc) is 2.64. The second kappa shape index (κ2) is 5.68. The molecule has 0 radical (unpaired) electrons. The molecule has 1 fully saturated rings. The van der Waals surface area contributed by atoms with Crippen LogP contribution in [-0.4, -0.2) is 31.7 Å². The van der Waals surface area contributed by atoms with Crippen LogP contribution in [0.4, 0.5) is 0 Å². The lowest BCUT2D eigenvalue weighted by Gasteiger charge is -2.40. The zero-order valence-electron chi connectivity index (χ0n) is 12.7. The van der Waals surface area contributed by atoms with Crippen LogP contribution in [0.1, 0.15) is 43.0 Å². The number of carbonyl (C=O) groups excluding carboxylic acids is 1. The average molecular weight is 290 g/mol. The molecule has 0 spiro atoms. The number of carbonyl (C=O) groups is 1. The van der Waals surface area contributed by atoms with Crippen molar-refractivity contribution >= 4 is 5.78 Å². The molecule has 1 unspecified atom stereocenters. The number of ketones is 1. The fourth-order valence-corrected chi connectivity index (χ4v) is 2.84. The smallest absolute Gasteiger partial charge is 0.165 e. The Morgan fingerprint density at radius 1 is 1.29 bits per heavy atom. The molecule has 1 aromatic rings. The van der Waals surface area contributed by atoms with Crippen molar-refractivity contribution in [3.8, 4) is 11.5 Å². The standard InChI is InChI=1S/C17H22O4/c1-12-10-20-15-5-4-13(8-16(15)21-11-12)14(18)9-17(19-2)6-3-7-17/h4-5,8,12H,3,6-7,9-11H2,1-2H3. The van der Waals surface area contributed by atoms with Gasteiger partial charge in [0.15, 0.2) is 17.3 Å². The zero-order valence-corrected chi connectivity index (χ0v) is 12.7. The molecular formula is C17H22O4. The van der Waals surface area contributed by atoms with Crippen LogP contribution in [0, 0.1) is 5.92 Å². The highest BCUT2D eigenvalue weighted by molar-refractivity contribution is 5.97. The lowest BCUT2D eigenvalue weighted by atomic mass is 9.76. The van der Waals surface area contributed by atoms with Gasteiger partial charge >= 0.3 is 0 Å². The lowest BCUT2D eigenvalue weighted by Crippen LogP contribution is -2.41. The minimum Gasteiger partial charge on any atom is -0.489 e. The van der Waals surface area contributed by atoms with E-state index in [2.05, 4.69) is 6.92 Å². The number of ether oxygens (including phenoxy) is 3. The number of hydrogen-bond acceptors (Lipinski definition) is 4. The Balaban J connectivity index is 1.75. The molecule has 1 aliphatic carbocycles. The van der Waals surface area contributed by atoms with Crippen LogP contribution in [0.25, 0.3) is 0 Å². The molecule has 1 aromatic carbocycles. The van der Waals surface area contributed by atoms with Gasteiger partial charge in [-0.3, -0.25) is 4.79 Å². The first kappa shape index (κ1) is 14.4. The summed E-state index contributed by atoms with van der Waals surface area (Å²) in [5, 5.41) is 0. The van der Waals surface area contributed by atoms with Crippen LogP contribution >= 0.6 is 0 Å². The first-order valence-corrected chi connectivity index (χ1v) is 7.60. The Kier molecular flexibility index (Phi) is 3.89. The van der Waals surface area contributed by atoms with Gasteiger partial charge in [-0.1, -0.05) is 6.92 Å². The summed E-state index contributed by atoms with van der Waals surface area (Å²) in [7, 11) is 1.70. The molecule has 1 atom stereocenters. The predicted molar refractivity (Wildman–Crippen MR) is 79.1 cm³/mol. The van der Waals surface area contributed by atoms with Crippen LogP contribution in [-0.2, 0) is 4.74 Å². The van der Waals surface area contributed by atoms with E-state index in [0.29, 0.717) is 36.9 Å². The van der Waals surface area contributed by atoms with Crippen molar-refractivity contribution in [2.24, 2.45) is 5.92 Å². The van der Waals surface area contributed by atoms with Gasteiger partial charge in [0.25, 0.3) is 0 Å². The Morgan fingerprint density at radius 3 is 2.62 bits per heavy atom. The molecule has 2 aliphatic rings. The summed E-state index contributed by atoms with van der Waals surface area (Å²) in [5.41, 5.74) is 0.436. The van der Waals surface area contributed by atoms with Crippen LogP contribution in [0.5, 0.6) is 11.5 Å². The summed E-state index contributed by atoms with van der Waals surface area (Å²) < 4.78 is 17.0. The van der Waals surface area contributed by atoms with Crippen molar-refractivity contribution in [1.82, 2.24) is 0 Å². The number of hydrogen-bond donors (Lipinski definition) is 0. The molecule has 4 nitrogen and oxygen atoms in total. The van der Waals surface area contributed by atoms with E-state index in [9.17, 15) is 4.79 Å². The molecule has 0 amide bonds. The van der Waals surface area contributed by atoms with Crippen LogP contribution < -0.4 is 9.47 Å². The summed E-state index contributed by atoms with van der Waals surface area (Å²) in [4.78, 5) is 12.5. The number of rotatable bonds is 4. The fraction of sp³-hybridized carbons (Fsp3) is 0.588. The van der Waals surface area contributed by atoms with Crippen molar-refractivity contribution in [2.45, 2.75) is 38.2 Å². The molecule has 0 N–H and O–H groups in total. The van der Waals surface area contributed by atoms with Gasteiger partial charge < -0.3 is 14.2 Å². The summed E-state index contributed by atoms with van der Waals surface area (Å²) >= 11 is 0. The molecule has 0 saturated heterocycles. The maximum absolute atomic E-state index is 12.5. The summed E-state index contributed by atoms with van der Waals surface area (Å²) in [6, 6.07) is 5.46. The highest BCUT2D eigenvalue weighted by Gasteiger charge is 2.39. The van der Waals surface area contributed by atoms with Crippen molar-refractivity contribution < 1.29 is 19.0 Å². The molecule has 1 heterocycles. The Morgan fingerprint density at radius 2 is 2.00 bits per heavy atom. The molecule has 21 heavy (non-hydrogen) atoms. The number of Topliss-reactive ketones (excluding diaryl/α,β-unsaturated/α-hetero) is 1. The Bertz CT molecular complexity index is 528. The van der Waals surface area contributed by atoms with E-state index >= 15 is 0 Å². The quantitative estimate of drug-likeness (QED) is 0.799. The molecule has 114 valence electrons.